The molecule has 6 heteroatoms. The van der Waals surface area contributed by atoms with E-state index >= 15 is 0 Å². The van der Waals surface area contributed by atoms with E-state index in [1.807, 2.05) is 7.05 Å². The van der Waals surface area contributed by atoms with Gasteiger partial charge in [0.2, 0.25) is 0 Å². The van der Waals surface area contributed by atoms with Gasteiger partial charge >= 0.3 is 0 Å². The summed E-state index contributed by atoms with van der Waals surface area (Å²) in [6, 6.07) is 0.453. The number of hydrogen-bond acceptors (Lipinski definition) is 6. The molecule has 0 saturated carbocycles. The van der Waals surface area contributed by atoms with Crippen LogP contribution in [0.3, 0.4) is 0 Å². The van der Waals surface area contributed by atoms with Crippen LogP contribution in [-0.2, 0) is 22.6 Å². The van der Waals surface area contributed by atoms with Crippen LogP contribution in [0.4, 0.5) is 5.13 Å². The van der Waals surface area contributed by atoms with E-state index in [4.69, 9.17) is 14.5 Å². The van der Waals surface area contributed by atoms with Crippen molar-refractivity contribution in [1.82, 2.24) is 10.3 Å². The molecule has 1 rings (SSSR count). The van der Waals surface area contributed by atoms with Crippen LogP contribution in [0.2, 0.25) is 0 Å². The first-order chi connectivity index (χ1) is 9.67. The molecule has 1 aromatic heterocycles. The van der Waals surface area contributed by atoms with Crippen molar-refractivity contribution >= 4 is 16.5 Å². The van der Waals surface area contributed by atoms with Crippen molar-refractivity contribution in [2.75, 3.05) is 39.3 Å². The highest BCUT2D eigenvalue weighted by atomic mass is 32.1. The molecule has 116 valence electrons. The molecule has 0 aliphatic rings. The molecule has 1 unspecified atom stereocenters. The molecule has 0 radical (unpaired) electrons. The zero-order chi connectivity index (χ0) is 15.0. The summed E-state index contributed by atoms with van der Waals surface area (Å²) in [7, 11) is 5.40. The molecule has 1 N–H and O–H groups in total. The topological polar surface area (TPSA) is 46.6 Å². The summed E-state index contributed by atoms with van der Waals surface area (Å²) in [6.45, 7) is 7.39. The lowest BCUT2D eigenvalue weighted by Crippen LogP contribution is -2.35. The highest BCUT2D eigenvalue weighted by molar-refractivity contribution is 7.15. The Bertz CT molecular complexity index is 361. The molecule has 0 aliphatic carbocycles. The van der Waals surface area contributed by atoms with E-state index < -0.39 is 0 Å². The summed E-state index contributed by atoms with van der Waals surface area (Å²) < 4.78 is 10.5. The highest BCUT2D eigenvalue weighted by Gasteiger charge is 2.19. The summed E-state index contributed by atoms with van der Waals surface area (Å²) >= 11 is 1.74. The second-order valence-electron chi connectivity index (χ2n) is 4.77. The standard InChI is InChI=1S/C14H27N3O2S/c1-6-11(2)17(7-8-18-4)14-16-12(10-19-5)13(20-14)9-15-3/h11,15H,6-10H2,1-5H3. The Kier molecular flexibility index (Phi) is 8.06. The monoisotopic (exact) mass is 301 g/mol. The number of thiazole rings is 1. The SMILES string of the molecule is CCC(C)N(CCOC)c1nc(COC)c(CNC)s1. The van der Waals surface area contributed by atoms with Crippen LogP contribution in [-0.4, -0.2) is 45.4 Å². The van der Waals surface area contributed by atoms with Gasteiger partial charge in [-0.05, 0) is 20.4 Å². The first kappa shape index (κ1) is 17.4. The van der Waals surface area contributed by atoms with Gasteiger partial charge in [0, 0.05) is 38.2 Å². The Labute approximate surface area is 126 Å². The van der Waals surface area contributed by atoms with Gasteiger partial charge in [-0.1, -0.05) is 6.92 Å². The van der Waals surface area contributed by atoms with Gasteiger partial charge in [0.25, 0.3) is 0 Å². The quantitative estimate of drug-likeness (QED) is 0.718. The average Bonchev–Trinajstić information content (AvgIpc) is 2.83. The van der Waals surface area contributed by atoms with Gasteiger partial charge < -0.3 is 19.7 Å². The number of nitrogens with one attached hydrogen (secondary N) is 1. The Hall–Kier alpha value is -0.690. The molecule has 1 heterocycles. The van der Waals surface area contributed by atoms with E-state index in [1.165, 1.54) is 4.88 Å². The first-order valence-electron chi connectivity index (χ1n) is 7.05. The van der Waals surface area contributed by atoms with E-state index in [-0.39, 0.29) is 0 Å². The van der Waals surface area contributed by atoms with Crippen LogP contribution in [0.25, 0.3) is 0 Å². The van der Waals surface area contributed by atoms with E-state index in [1.54, 1.807) is 25.6 Å². The fourth-order valence-corrected chi connectivity index (χ4v) is 3.16. The fourth-order valence-electron chi connectivity index (χ4n) is 1.96. The van der Waals surface area contributed by atoms with Crippen molar-refractivity contribution < 1.29 is 9.47 Å². The Morgan fingerprint density at radius 3 is 2.65 bits per heavy atom. The van der Waals surface area contributed by atoms with E-state index in [9.17, 15) is 0 Å². The van der Waals surface area contributed by atoms with Crippen LogP contribution in [0.1, 0.15) is 30.8 Å². The van der Waals surface area contributed by atoms with Crippen molar-refractivity contribution in [2.24, 2.45) is 0 Å². The molecular weight excluding hydrogens is 274 g/mol. The van der Waals surface area contributed by atoms with Gasteiger partial charge in [-0.25, -0.2) is 4.98 Å². The van der Waals surface area contributed by atoms with E-state index in [0.717, 1.165) is 30.3 Å². The third-order valence-corrected chi connectivity index (χ3v) is 4.42. The molecular formula is C14H27N3O2S. The number of methoxy groups -OCH3 is 2. The van der Waals surface area contributed by atoms with Crippen LogP contribution in [0, 0.1) is 0 Å². The number of ether oxygens (including phenoxy) is 2. The second-order valence-corrected chi connectivity index (χ2v) is 5.84. The molecule has 0 spiro atoms. The minimum Gasteiger partial charge on any atom is -0.383 e. The molecule has 0 amide bonds. The number of hydrogen-bond donors (Lipinski definition) is 1. The highest BCUT2D eigenvalue weighted by Crippen LogP contribution is 2.28. The number of aromatic nitrogens is 1. The molecule has 0 saturated heterocycles. The van der Waals surface area contributed by atoms with Crippen LogP contribution < -0.4 is 10.2 Å². The zero-order valence-corrected chi connectivity index (χ0v) is 14.0. The number of anilines is 1. The minimum atomic E-state index is 0.453. The van der Waals surface area contributed by atoms with Gasteiger partial charge in [-0.3, -0.25) is 0 Å². The lowest BCUT2D eigenvalue weighted by atomic mass is 10.2. The third kappa shape index (κ3) is 4.70. The van der Waals surface area contributed by atoms with Crippen molar-refractivity contribution in [3.63, 3.8) is 0 Å². The Morgan fingerprint density at radius 2 is 2.10 bits per heavy atom. The molecule has 0 bridgehead atoms. The van der Waals surface area contributed by atoms with Gasteiger partial charge in [-0.2, -0.15) is 0 Å². The lowest BCUT2D eigenvalue weighted by Gasteiger charge is -2.27. The van der Waals surface area contributed by atoms with Crippen LogP contribution in [0.15, 0.2) is 0 Å². The van der Waals surface area contributed by atoms with Gasteiger partial charge in [-0.15, -0.1) is 11.3 Å². The average molecular weight is 301 g/mol. The number of rotatable bonds is 10. The van der Waals surface area contributed by atoms with Crippen molar-refractivity contribution in [2.45, 2.75) is 39.5 Å². The second kappa shape index (κ2) is 9.28. The van der Waals surface area contributed by atoms with Gasteiger partial charge in [0.15, 0.2) is 5.13 Å². The Morgan fingerprint density at radius 1 is 1.35 bits per heavy atom. The van der Waals surface area contributed by atoms with E-state index in [2.05, 4.69) is 24.1 Å². The Balaban J connectivity index is 2.96. The normalized spacial score (nSPS) is 12.7. The van der Waals surface area contributed by atoms with Gasteiger partial charge in [0.1, 0.15) is 0 Å². The maximum Gasteiger partial charge on any atom is 0.186 e. The molecule has 0 aliphatic heterocycles. The summed E-state index contributed by atoms with van der Waals surface area (Å²) in [5.41, 5.74) is 1.03. The molecule has 0 fully saturated rings. The van der Waals surface area contributed by atoms with Crippen molar-refractivity contribution in [3.8, 4) is 0 Å². The minimum absolute atomic E-state index is 0.453. The lowest BCUT2D eigenvalue weighted by molar-refractivity contribution is 0.181. The molecule has 5 nitrogen and oxygen atoms in total. The first-order valence-corrected chi connectivity index (χ1v) is 7.87. The molecule has 0 aromatic carbocycles. The maximum atomic E-state index is 5.25. The number of nitrogens with zero attached hydrogens (tertiary/aromatic N) is 2. The fraction of sp³-hybridized carbons (Fsp3) is 0.786. The van der Waals surface area contributed by atoms with Gasteiger partial charge in [0.05, 0.1) is 18.9 Å². The van der Waals surface area contributed by atoms with Crippen LogP contribution >= 0.6 is 11.3 Å². The largest absolute Gasteiger partial charge is 0.383 e. The zero-order valence-electron chi connectivity index (χ0n) is 13.2. The molecule has 1 aromatic rings. The summed E-state index contributed by atoms with van der Waals surface area (Å²) in [4.78, 5) is 8.34. The molecule has 1 atom stereocenters. The molecule has 20 heavy (non-hydrogen) atoms. The summed E-state index contributed by atoms with van der Waals surface area (Å²) in [5, 5.41) is 4.26. The van der Waals surface area contributed by atoms with Crippen molar-refractivity contribution in [3.05, 3.63) is 10.6 Å². The summed E-state index contributed by atoms with van der Waals surface area (Å²) in [6.07, 6.45) is 1.09. The smallest absolute Gasteiger partial charge is 0.186 e. The predicted octanol–water partition coefficient (Wildman–Crippen LogP) is 2.26. The van der Waals surface area contributed by atoms with Crippen LogP contribution in [0.5, 0.6) is 0 Å². The third-order valence-electron chi connectivity index (χ3n) is 3.29. The summed E-state index contributed by atoms with van der Waals surface area (Å²) in [5.74, 6) is 0. The van der Waals surface area contributed by atoms with E-state index in [0.29, 0.717) is 19.3 Å². The van der Waals surface area contributed by atoms with Crippen molar-refractivity contribution in [1.29, 1.82) is 0 Å². The predicted molar refractivity (Wildman–Crippen MR) is 84.6 cm³/mol. The maximum absolute atomic E-state index is 5.25.